The highest BCUT2D eigenvalue weighted by Gasteiger charge is 2.23. The Morgan fingerprint density at radius 1 is 1.06 bits per heavy atom. The topological polar surface area (TPSA) is 97.0 Å². The number of hydrogen-bond donors (Lipinski definition) is 2. The molecule has 1 aromatic rings. The van der Waals surface area contributed by atoms with Gasteiger partial charge in [-0.15, -0.1) is 0 Å². The number of amides is 3. The van der Waals surface area contributed by atoms with Crippen molar-refractivity contribution in [3.63, 3.8) is 0 Å². The van der Waals surface area contributed by atoms with Crippen LogP contribution in [0.5, 0.6) is 5.75 Å². The minimum atomic E-state index is -0.556. The molecule has 8 heteroatoms. The van der Waals surface area contributed by atoms with Crippen LogP contribution in [-0.2, 0) is 20.7 Å². The Morgan fingerprint density at radius 2 is 1.75 bits per heavy atom. The van der Waals surface area contributed by atoms with E-state index in [4.69, 9.17) is 9.47 Å². The van der Waals surface area contributed by atoms with Crippen molar-refractivity contribution in [1.82, 2.24) is 15.5 Å². The van der Waals surface area contributed by atoms with Crippen molar-refractivity contribution in [3.8, 4) is 5.75 Å². The van der Waals surface area contributed by atoms with Crippen LogP contribution in [-0.4, -0.2) is 61.7 Å². The van der Waals surface area contributed by atoms with Crippen LogP contribution in [0.1, 0.15) is 52.0 Å². The van der Waals surface area contributed by atoms with E-state index in [2.05, 4.69) is 10.6 Å². The molecule has 0 atom stereocenters. The number of carbonyl (C=O) groups is 3. The molecule has 2 N–H and O–H groups in total. The molecule has 1 heterocycles. The number of piperidine rings is 1. The van der Waals surface area contributed by atoms with Crippen molar-refractivity contribution in [2.24, 2.45) is 5.92 Å². The third-order valence-corrected chi connectivity index (χ3v) is 5.38. The second-order valence-electron chi connectivity index (χ2n) is 9.12. The van der Waals surface area contributed by atoms with E-state index < -0.39 is 11.7 Å². The lowest BCUT2D eigenvalue weighted by atomic mass is 9.96. The zero-order chi connectivity index (χ0) is 23.6. The first-order valence-corrected chi connectivity index (χ1v) is 11.3. The summed E-state index contributed by atoms with van der Waals surface area (Å²) in [6, 6.07) is 7.73. The molecule has 0 aromatic heterocycles. The van der Waals surface area contributed by atoms with Gasteiger partial charge < -0.3 is 25.0 Å². The quantitative estimate of drug-likeness (QED) is 0.607. The summed E-state index contributed by atoms with van der Waals surface area (Å²) in [7, 11) is 1.63. The van der Waals surface area contributed by atoms with Crippen LogP contribution in [0.25, 0.3) is 0 Å². The number of likely N-dealkylation sites (tertiary alicyclic amines) is 1. The Balaban J connectivity index is 1.60. The van der Waals surface area contributed by atoms with E-state index in [1.54, 1.807) is 27.9 Å². The molecule has 0 spiro atoms. The molecule has 1 aliphatic heterocycles. The Hall–Kier alpha value is -2.77. The van der Waals surface area contributed by atoms with E-state index in [9.17, 15) is 14.4 Å². The maximum Gasteiger partial charge on any atom is 0.407 e. The lowest BCUT2D eigenvalue weighted by molar-refractivity contribution is -0.132. The number of rotatable bonds is 9. The minimum absolute atomic E-state index is 0.0281. The third kappa shape index (κ3) is 9.16. The van der Waals surface area contributed by atoms with Crippen LogP contribution >= 0.6 is 0 Å². The lowest BCUT2D eigenvalue weighted by Crippen LogP contribution is -2.42. The van der Waals surface area contributed by atoms with Crippen LogP contribution in [0, 0.1) is 5.92 Å². The number of nitrogens with one attached hydrogen (secondary N) is 2. The number of benzene rings is 1. The summed E-state index contributed by atoms with van der Waals surface area (Å²) in [6.45, 7) is 7.63. The molecule has 0 radical (unpaired) electrons. The molecule has 0 bridgehead atoms. The first kappa shape index (κ1) is 25.5. The number of para-hydroxylation sites is 1. The number of hydrogen-bond acceptors (Lipinski definition) is 5. The highest BCUT2D eigenvalue weighted by atomic mass is 16.6. The largest absolute Gasteiger partial charge is 0.496 e. The first-order chi connectivity index (χ1) is 15.2. The summed E-state index contributed by atoms with van der Waals surface area (Å²) in [5.74, 6) is 1.23. The number of aryl methyl sites for hydroxylation is 1. The van der Waals surface area contributed by atoms with E-state index in [1.807, 2.05) is 29.2 Å². The van der Waals surface area contributed by atoms with Gasteiger partial charge in [0.1, 0.15) is 11.4 Å². The lowest BCUT2D eigenvalue weighted by Gasteiger charge is -2.32. The molecule has 1 fully saturated rings. The SMILES string of the molecule is COc1ccccc1CCC(=O)NCC1CCN(C(=O)CCNC(=O)OC(C)(C)C)CC1. The molecule has 1 aliphatic rings. The summed E-state index contributed by atoms with van der Waals surface area (Å²) in [6.07, 6.45) is 2.52. The fourth-order valence-corrected chi connectivity index (χ4v) is 3.63. The Kier molecular flexibility index (Phi) is 9.81. The number of carbonyl (C=O) groups excluding carboxylic acids is 3. The van der Waals surface area contributed by atoms with Gasteiger partial charge in [0.15, 0.2) is 0 Å². The monoisotopic (exact) mass is 447 g/mol. The van der Waals surface area contributed by atoms with Crippen molar-refractivity contribution >= 4 is 17.9 Å². The molecule has 3 amide bonds. The summed E-state index contributed by atoms with van der Waals surface area (Å²) in [5.41, 5.74) is 0.470. The van der Waals surface area contributed by atoms with Crippen LogP contribution in [0.3, 0.4) is 0 Å². The molecule has 1 aromatic carbocycles. The Bertz CT molecular complexity index is 767. The van der Waals surface area contributed by atoms with Crippen molar-refractivity contribution in [3.05, 3.63) is 29.8 Å². The second kappa shape index (κ2) is 12.3. The van der Waals surface area contributed by atoms with Gasteiger partial charge in [0.2, 0.25) is 11.8 Å². The molecule has 178 valence electrons. The standard InChI is InChI=1S/C24H37N3O5/c1-24(2,3)32-23(30)25-14-11-22(29)27-15-12-18(13-16-27)17-26-21(28)10-9-19-7-5-6-8-20(19)31-4/h5-8,18H,9-17H2,1-4H3,(H,25,30)(H,26,28). The number of alkyl carbamates (subject to hydrolysis) is 1. The molecule has 0 saturated carbocycles. The molecule has 32 heavy (non-hydrogen) atoms. The average molecular weight is 448 g/mol. The Labute approximate surface area is 191 Å². The zero-order valence-corrected chi connectivity index (χ0v) is 19.7. The van der Waals surface area contributed by atoms with Gasteiger partial charge in [-0.3, -0.25) is 9.59 Å². The predicted molar refractivity (Wildman–Crippen MR) is 122 cm³/mol. The Morgan fingerprint density at radius 3 is 2.41 bits per heavy atom. The van der Waals surface area contributed by atoms with E-state index in [0.717, 1.165) is 24.2 Å². The number of methoxy groups -OCH3 is 1. The second-order valence-corrected chi connectivity index (χ2v) is 9.12. The van der Waals surface area contributed by atoms with Gasteiger partial charge in [0.25, 0.3) is 0 Å². The van der Waals surface area contributed by atoms with Crippen LogP contribution in [0.4, 0.5) is 4.79 Å². The molecule has 2 rings (SSSR count). The summed E-state index contributed by atoms with van der Waals surface area (Å²) >= 11 is 0. The van der Waals surface area contributed by atoms with E-state index in [0.29, 0.717) is 38.4 Å². The van der Waals surface area contributed by atoms with Crippen molar-refractivity contribution < 1.29 is 23.9 Å². The van der Waals surface area contributed by atoms with Crippen LogP contribution in [0.15, 0.2) is 24.3 Å². The van der Waals surface area contributed by atoms with Crippen molar-refractivity contribution in [2.45, 2.75) is 58.5 Å². The van der Waals surface area contributed by atoms with Gasteiger partial charge in [-0.05, 0) is 57.6 Å². The summed E-state index contributed by atoms with van der Waals surface area (Å²) in [4.78, 5) is 38.1. The van der Waals surface area contributed by atoms with Crippen LogP contribution in [0.2, 0.25) is 0 Å². The van der Waals surface area contributed by atoms with E-state index in [-0.39, 0.29) is 24.8 Å². The molecule has 8 nitrogen and oxygen atoms in total. The molecular formula is C24H37N3O5. The first-order valence-electron chi connectivity index (χ1n) is 11.3. The molecular weight excluding hydrogens is 410 g/mol. The zero-order valence-electron chi connectivity index (χ0n) is 19.7. The van der Waals surface area contributed by atoms with Gasteiger partial charge in [-0.2, -0.15) is 0 Å². The van der Waals surface area contributed by atoms with E-state index in [1.165, 1.54) is 0 Å². The normalized spacial score (nSPS) is 14.6. The fraction of sp³-hybridized carbons (Fsp3) is 0.625. The minimum Gasteiger partial charge on any atom is -0.496 e. The van der Waals surface area contributed by atoms with Gasteiger partial charge in [-0.25, -0.2) is 4.79 Å². The smallest absolute Gasteiger partial charge is 0.407 e. The maximum absolute atomic E-state index is 12.4. The van der Waals surface area contributed by atoms with Crippen molar-refractivity contribution in [2.75, 3.05) is 33.3 Å². The maximum atomic E-state index is 12.4. The molecule has 0 aliphatic carbocycles. The van der Waals surface area contributed by atoms with Crippen LogP contribution < -0.4 is 15.4 Å². The molecule has 1 saturated heterocycles. The highest BCUT2D eigenvalue weighted by molar-refractivity contribution is 5.77. The predicted octanol–water partition coefficient (Wildman–Crippen LogP) is 2.90. The number of nitrogens with zero attached hydrogens (tertiary/aromatic N) is 1. The van der Waals surface area contributed by atoms with Gasteiger partial charge in [0, 0.05) is 39.0 Å². The summed E-state index contributed by atoms with van der Waals surface area (Å²) in [5, 5.41) is 5.64. The fourth-order valence-electron chi connectivity index (χ4n) is 3.63. The average Bonchev–Trinajstić information content (AvgIpc) is 2.75. The van der Waals surface area contributed by atoms with Gasteiger partial charge in [0.05, 0.1) is 7.11 Å². The van der Waals surface area contributed by atoms with Crippen molar-refractivity contribution in [1.29, 1.82) is 0 Å². The third-order valence-electron chi connectivity index (χ3n) is 5.38. The van der Waals surface area contributed by atoms with Gasteiger partial charge in [-0.1, -0.05) is 18.2 Å². The summed E-state index contributed by atoms with van der Waals surface area (Å²) < 4.78 is 10.5. The highest BCUT2D eigenvalue weighted by Crippen LogP contribution is 2.19. The molecule has 0 unspecified atom stereocenters. The van der Waals surface area contributed by atoms with E-state index >= 15 is 0 Å². The van der Waals surface area contributed by atoms with Gasteiger partial charge >= 0.3 is 6.09 Å². The number of ether oxygens (including phenoxy) is 2.